The summed E-state index contributed by atoms with van der Waals surface area (Å²) in [6.45, 7) is 17.3. The van der Waals surface area contributed by atoms with Crippen LogP contribution in [0.3, 0.4) is 0 Å². The van der Waals surface area contributed by atoms with Gasteiger partial charge in [-0.3, -0.25) is 0 Å². The molecule has 21 heavy (non-hydrogen) atoms. The molecule has 0 N–H and O–H groups in total. The largest absolute Gasteiger partial charge is 0.389 e. The molecule has 0 heterocycles. The van der Waals surface area contributed by atoms with Gasteiger partial charge in [0.15, 0.2) is 0 Å². The molecule has 0 aromatic heterocycles. The summed E-state index contributed by atoms with van der Waals surface area (Å²) < 4.78 is 12.7. The van der Waals surface area contributed by atoms with Crippen LogP contribution in [0.1, 0.15) is 93.4 Å². The van der Waals surface area contributed by atoms with Crippen molar-refractivity contribution in [3.05, 3.63) is 0 Å². The molecule has 0 atom stereocenters. The Hall–Kier alpha value is 0.137. The van der Waals surface area contributed by atoms with Crippen LogP contribution in [0.25, 0.3) is 0 Å². The van der Waals surface area contributed by atoms with E-state index in [0.717, 1.165) is 6.04 Å². The number of unbranched alkanes of at least 4 members (excludes halogenated alkanes) is 6. The highest BCUT2D eigenvalue weighted by molar-refractivity contribution is 6.66. The molecule has 0 aliphatic carbocycles. The van der Waals surface area contributed by atoms with Gasteiger partial charge in [-0.05, 0) is 54.1 Å². The Balaban J connectivity index is 4.23. The normalized spacial score (nSPS) is 13.7. The summed E-state index contributed by atoms with van der Waals surface area (Å²) in [5.74, 6) is 0. The first kappa shape index (κ1) is 21.1. The Kier molecular flexibility index (Phi) is 9.38. The molecule has 0 spiro atoms. The van der Waals surface area contributed by atoms with E-state index in [2.05, 4.69) is 55.0 Å². The van der Waals surface area contributed by atoms with Crippen LogP contribution >= 0.6 is 0 Å². The van der Waals surface area contributed by atoms with Crippen LogP contribution in [0.4, 0.5) is 0 Å². The zero-order chi connectivity index (χ0) is 16.6. The van der Waals surface area contributed by atoms with Crippen molar-refractivity contribution in [3.63, 3.8) is 0 Å². The predicted octanol–water partition coefficient (Wildman–Crippen LogP) is 6.44. The summed E-state index contributed by atoms with van der Waals surface area (Å²) in [7, 11) is -2.10. The van der Waals surface area contributed by atoms with E-state index in [4.69, 9.17) is 8.85 Å². The van der Waals surface area contributed by atoms with Gasteiger partial charge in [0.2, 0.25) is 0 Å². The lowest BCUT2D eigenvalue weighted by atomic mass is 10.1. The molecule has 0 aromatic rings. The summed E-state index contributed by atoms with van der Waals surface area (Å²) >= 11 is 0. The van der Waals surface area contributed by atoms with E-state index in [1.54, 1.807) is 0 Å². The molecule has 0 saturated heterocycles. The van der Waals surface area contributed by atoms with Crippen molar-refractivity contribution in [2.45, 2.75) is 117 Å². The summed E-state index contributed by atoms with van der Waals surface area (Å²) in [6, 6.07) is 1.11. The van der Waals surface area contributed by atoms with Gasteiger partial charge in [-0.25, -0.2) is 0 Å². The molecule has 0 fully saturated rings. The SMILES string of the molecule is CCCCCCCCC[Si](C)(OC(C)(C)C)OC(C)(C)C. The molecule has 3 heteroatoms. The van der Waals surface area contributed by atoms with Crippen LogP contribution in [0.5, 0.6) is 0 Å². The third-order valence-corrected chi connectivity index (χ3v) is 6.63. The second kappa shape index (κ2) is 9.31. The van der Waals surface area contributed by atoms with Gasteiger partial charge >= 0.3 is 8.56 Å². The molecule has 0 unspecified atom stereocenters. The quantitative estimate of drug-likeness (QED) is 0.341. The number of rotatable bonds is 10. The third-order valence-electron chi connectivity index (χ3n) is 3.28. The smallest absolute Gasteiger partial charge is 0.335 e. The van der Waals surface area contributed by atoms with Crippen molar-refractivity contribution in [2.24, 2.45) is 0 Å². The van der Waals surface area contributed by atoms with Crippen LogP contribution in [0, 0.1) is 0 Å². The Morgan fingerprint density at radius 1 is 0.667 bits per heavy atom. The highest BCUT2D eigenvalue weighted by Gasteiger charge is 2.38. The fourth-order valence-electron chi connectivity index (χ4n) is 2.82. The lowest BCUT2D eigenvalue weighted by Crippen LogP contribution is -2.49. The molecule has 0 saturated carbocycles. The van der Waals surface area contributed by atoms with Gasteiger partial charge in [-0.15, -0.1) is 0 Å². The van der Waals surface area contributed by atoms with E-state index in [0.29, 0.717) is 0 Å². The Bertz CT molecular complexity index is 247. The summed E-state index contributed by atoms with van der Waals surface area (Å²) in [5, 5.41) is 0. The van der Waals surface area contributed by atoms with Crippen molar-refractivity contribution in [2.75, 3.05) is 0 Å². The van der Waals surface area contributed by atoms with E-state index in [-0.39, 0.29) is 11.2 Å². The molecule has 0 rings (SSSR count). The minimum atomic E-state index is -2.10. The minimum Gasteiger partial charge on any atom is -0.389 e. The van der Waals surface area contributed by atoms with Gasteiger partial charge in [0.05, 0.1) is 11.2 Å². The molecule has 0 bridgehead atoms. The summed E-state index contributed by atoms with van der Waals surface area (Å²) in [5.41, 5.74) is -0.235. The van der Waals surface area contributed by atoms with Gasteiger partial charge in [-0.1, -0.05) is 51.9 Å². The van der Waals surface area contributed by atoms with Gasteiger partial charge < -0.3 is 8.85 Å². The Morgan fingerprint density at radius 2 is 1.05 bits per heavy atom. The first-order chi connectivity index (χ1) is 9.47. The average molecular weight is 317 g/mol. The highest BCUT2D eigenvalue weighted by Crippen LogP contribution is 2.28. The first-order valence-corrected chi connectivity index (χ1v) is 11.4. The van der Waals surface area contributed by atoms with Crippen LogP contribution < -0.4 is 0 Å². The van der Waals surface area contributed by atoms with E-state index >= 15 is 0 Å². The molecule has 0 aromatic carbocycles. The second-order valence-corrected chi connectivity index (χ2v) is 11.6. The van der Waals surface area contributed by atoms with Crippen molar-refractivity contribution >= 4 is 8.56 Å². The highest BCUT2D eigenvalue weighted by atomic mass is 28.4. The average Bonchev–Trinajstić information content (AvgIpc) is 2.22. The summed E-state index contributed by atoms with van der Waals surface area (Å²) in [6.07, 6.45) is 9.38. The van der Waals surface area contributed by atoms with Gasteiger partial charge in [0, 0.05) is 0 Å². The number of hydrogen-bond acceptors (Lipinski definition) is 2. The Morgan fingerprint density at radius 3 is 1.43 bits per heavy atom. The van der Waals surface area contributed by atoms with Crippen LogP contribution in [0.15, 0.2) is 0 Å². The molecule has 0 amide bonds. The molecule has 0 aliphatic heterocycles. The van der Waals surface area contributed by atoms with Crippen molar-refractivity contribution < 1.29 is 8.85 Å². The lowest BCUT2D eigenvalue weighted by Gasteiger charge is -2.39. The van der Waals surface area contributed by atoms with Gasteiger partial charge in [0.1, 0.15) is 0 Å². The summed E-state index contributed by atoms with van der Waals surface area (Å²) in [4.78, 5) is 0. The van der Waals surface area contributed by atoms with E-state index in [1.165, 1.54) is 44.9 Å². The van der Waals surface area contributed by atoms with Crippen molar-refractivity contribution in [3.8, 4) is 0 Å². The molecule has 0 aliphatic rings. The molecular weight excluding hydrogens is 276 g/mol. The molecule has 128 valence electrons. The van der Waals surface area contributed by atoms with Crippen molar-refractivity contribution in [1.82, 2.24) is 0 Å². The van der Waals surface area contributed by atoms with Crippen LogP contribution in [-0.2, 0) is 8.85 Å². The van der Waals surface area contributed by atoms with E-state index in [9.17, 15) is 0 Å². The maximum absolute atomic E-state index is 6.36. The zero-order valence-corrected chi connectivity index (χ0v) is 17.0. The standard InChI is InChI=1S/C18H40O2Si/c1-9-10-11-12-13-14-15-16-21(8,19-17(2,3)4)20-18(5,6)7/h9-16H2,1-8H3. The topological polar surface area (TPSA) is 18.5 Å². The van der Waals surface area contributed by atoms with E-state index < -0.39 is 8.56 Å². The molecular formula is C18H40O2Si. The maximum Gasteiger partial charge on any atom is 0.335 e. The van der Waals surface area contributed by atoms with Crippen molar-refractivity contribution in [1.29, 1.82) is 0 Å². The van der Waals surface area contributed by atoms with Crippen LogP contribution in [0.2, 0.25) is 12.6 Å². The third kappa shape index (κ3) is 13.5. The van der Waals surface area contributed by atoms with Gasteiger partial charge in [-0.2, -0.15) is 0 Å². The zero-order valence-electron chi connectivity index (χ0n) is 16.0. The predicted molar refractivity (Wildman–Crippen MR) is 96.1 cm³/mol. The second-order valence-electron chi connectivity index (χ2n) is 8.43. The van der Waals surface area contributed by atoms with E-state index in [1.807, 2.05) is 0 Å². The monoisotopic (exact) mass is 316 g/mol. The minimum absolute atomic E-state index is 0.118. The Labute approximate surface area is 135 Å². The number of hydrogen-bond donors (Lipinski definition) is 0. The van der Waals surface area contributed by atoms with Crippen LogP contribution in [-0.4, -0.2) is 19.8 Å². The fourth-order valence-corrected chi connectivity index (χ4v) is 6.55. The molecule has 0 radical (unpaired) electrons. The maximum atomic E-state index is 6.36. The molecule has 2 nitrogen and oxygen atoms in total. The fraction of sp³-hybridized carbons (Fsp3) is 1.00. The first-order valence-electron chi connectivity index (χ1n) is 8.88. The lowest BCUT2D eigenvalue weighted by molar-refractivity contribution is 0.0173. The van der Waals surface area contributed by atoms with Gasteiger partial charge in [0.25, 0.3) is 0 Å².